The van der Waals surface area contributed by atoms with Crippen LogP contribution in [0, 0.1) is 6.92 Å². The number of rotatable bonds is 2. The van der Waals surface area contributed by atoms with Gasteiger partial charge in [0.05, 0.1) is 11.2 Å². The minimum atomic E-state index is -1.12. The second-order valence-electron chi connectivity index (χ2n) is 4.01. The van der Waals surface area contributed by atoms with Crippen molar-refractivity contribution in [1.82, 2.24) is 4.98 Å². The standard InChI is InChI=1S/C13H12N2O3/c1-7-4-3-5-9-10(14-8(2)16)6-11(13(17)18)15-12(7)9/h3-6H,1-2H3,(H,17,18)(H,14,15,16). The van der Waals surface area contributed by atoms with E-state index in [4.69, 9.17) is 5.11 Å². The summed E-state index contributed by atoms with van der Waals surface area (Å²) in [7, 11) is 0. The number of carboxylic acid groups (broad SMARTS) is 1. The third kappa shape index (κ3) is 2.15. The number of amides is 1. The third-order valence-electron chi connectivity index (χ3n) is 2.57. The average Bonchev–Trinajstić information content (AvgIpc) is 2.29. The Hall–Kier alpha value is -2.43. The topological polar surface area (TPSA) is 79.3 Å². The zero-order chi connectivity index (χ0) is 13.3. The predicted molar refractivity (Wildman–Crippen MR) is 67.7 cm³/mol. The van der Waals surface area contributed by atoms with Crippen molar-refractivity contribution in [1.29, 1.82) is 0 Å². The van der Waals surface area contributed by atoms with Gasteiger partial charge in [0.15, 0.2) is 5.69 Å². The number of pyridine rings is 1. The first-order chi connectivity index (χ1) is 8.49. The summed E-state index contributed by atoms with van der Waals surface area (Å²) in [5, 5.41) is 12.4. The molecule has 2 N–H and O–H groups in total. The molecule has 0 unspecified atom stereocenters. The Kier molecular flexibility index (Phi) is 2.97. The summed E-state index contributed by atoms with van der Waals surface area (Å²) in [6.07, 6.45) is 0. The number of aromatic carboxylic acids is 1. The number of anilines is 1. The smallest absolute Gasteiger partial charge is 0.354 e. The molecule has 5 nitrogen and oxygen atoms in total. The van der Waals surface area contributed by atoms with E-state index in [-0.39, 0.29) is 11.6 Å². The summed E-state index contributed by atoms with van der Waals surface area (Å²) in [6, 6.07) is 6.85. The SMILES string of the molecule is CC(=O)Nc1cc(C(=O)O)nc2c(C)cccc12. The van der Waals surface area contributed by atoms with E-state index in [1.807, 2.05) is 19.1 Å². The third-order valence-corrected chi connectivity index (χ3v) is 2.57. The fraction of sp³-hybridized carbons (Fsp3) is 0.154. The number of fused-ring (bicyclic) bond motifs is 1. The summed E-state index contributed by atoms with van der Waals surface area (Å²) >= 11 is 0. The molecule has 0 saturated heterocycles. The number of carbonyl (C=O) groups is 2. The molecule has 0 radical (unpaired) electrons. The van der Waals surface area contributed by atoms with Crippen LogP contribution in [0.25, 0.3) is 10.9 Å². The van der Waals surface area contributed by atoms with E-state index in [0.29, 0.717) is 11.2 Å². The van der Waals surface area contributed by atoms with E-state index in [1.54, 1.807) is 6.07 Å². The summed E-state index contributed by atoms with van der Waals surface area (Å²) in [6.45, 7) is 3.22. The number of aryl methyl sites for hydroxylation is 1. The Morgan fingerprint density at radius 1 is 1.33 bits per heavy atom. The van der Waals surface area contributed by atoms with Crippen LogP contribution >= 0.6 is 0 Å². The molecule has 92 valence electrons. The summed E-state index contributed by atoms with van der Waals surface area (Å²) in [4.78, 5) is 26.3. The normalized spacial score (nSPS) is 10.3. The minimum absolute atomic E-state index is 0.0828. The highest BCUT2D eigenvalue weighted by atomic mass is 16.4. The van der Waals surface area contributed by atoms with Crippen molar-refractivity contribution in [2.75, 3.05) is 5.32 Å². The van der Waals surface area contributed by atoms with Crippen LogP contribution in [0.15, 0.2) is 24.3 Å². The molecule has 0 bridgehead atoms. The Bertz CT molecular complexity index is 650. The lowest BCUT2D eigenvalue weighted by Crippen LogP contribution is -2.09. The van der Waals surface area contributed by atoms with Crippen LogP contribution in [-0.2, 0) is 4.79 Å². The highest BCUT2D eigenvalue weighted by Crippen LogP contribution is 2.25. The first-order valence-electron chi connectivity index (χ1n) is 5.40. The number of para-hydroxylation sites is 1. The first kappa shape index (κ1) is 12.0. The van der Waals surface area contributed by atoms with Crippen LogP contribution in [0.3, 0.4) is 0 Å². The van der Waals surface area contributed by atoms with E-state index in [0.717, 1.165) is 10.9 Å². The van der Waals surface area contributed by atoms with Crippen LogP contribution in [0.2, 0.25) is 0 Å². The molecule has 1 aromatic heterocycles. The van der Waals surface area contributed by atoms with Crippen LogP contribution in [-0.4, -0.2) is 22.0 Å². The maximum Gasteiger partial charge on any atom is 0.354 e. The summed E-state index contributed by atoms with van der Waals surface area (Å²) in [5.41, 5.74) is 1.83. The zero-order valence-corrected chi connectivity index (χ0v) is 10.0. The highest BCUT2D eigenvalue weighted by molar-refractivity contribution is 6.03. The van der Waals surface area contributed by atoms with Gasteiger partial charge in [0.25, 0.3) is 0 Å². The summed E-state index contributed by atoms with van der Waals surface area (Å²) < 4.78 is 0. The second-order valence-corrected chi connectivity index (χ2v) is 4.01. The number of carboxylic acids is 1. The van der Waals surface area contributed by atoms with Crippen LogP contribution in [0.4, 0.5) is 5.69 Å². The molecule has 0 spiro atoms. The predicted octanol–water partition coefficient (Wildman–Crippen LogP) is 2.20. The van der Waals surface area contributed by atoms with Gasteiger partial charge in [-0.2, -0.15) is 0 Å². The molecule has 0 aliphatic heterocycles. The van der Waals surface area contributed by atoms with Crippen molar-refractivity contribution in [3.8, 4) is 0 Å². The maximum absolute atomic E-state index is 11.1. The van der Waals surface area contributed by atoms with E-state index in [9.17, 15) is 9.59 Å². The molecule has 2 aromatic rings. The molecule has 5 heteroatoms. The molecule has 0 aliphatic rings. The Balaban J connectivity index is 2.76. The maximum atomic E-state index is 11.1. The van der Waals surface area contributed by atoms with Crippen LogP contribution in [0.5, 0.6) is 0 Å². The van der Waals surface area contributed by atoms with Gasteiger partial charge in [-0.1, -0.05) is 18.2 Å². The van der Waals surface area contributed by atoms with Gasteiger partial charge in [-0.05, 0) is 18.6 Å². The second kappa shape index (κ2) is 4.44. The van der Waals surface area contributed by atoms with Crippen molar-refractivity contribution in [3.05, 3.63) is 35.5 Å². The van der Waals surface area contributed by atoms with Gasteiger partial charge >= 0.3 is 5.97 Å². The number of nitrogens with one attached hydrogen (secondary N) is 1. The van der Waals surface area contributed by atoms with E-state index >= 15 is 0 Å². The molecular formula is C13H12N2O3. The van der Waals surface area contributed by atoms with Crippen LogP contribution in [0.1, 0.15) is 23.0 Å². The monoisotopic (exact) mass is 244 g/mol. The Morgan fingerprint density at radius 3 is 2.67 bits per heavy atom. The van der Waals surface area contributed by atoms with Gasteiger partial charge in [0.2, 0.25) is 5.91 Å². The number of nitrogens with zero attached hydrogens (tertiary/aromatic N) is 1. The Labute approximate surface area is 103 Å². The minimum Gasteiger partial charge on any atom is -0.477 e. The quantitative estimate of drug-likeness (QED) is 0.848. The van der Waals surface area contributed by atoms with Gasteiger partial charge in [0, 0.05) is 12.3 Å². The van der Waals surface area contributed by atoms with Gasteiger partial charge in [-0.3, -0.25) is 4.79 Å². The number of benzene rings is 1. The summed E-state index contributed by atoms with van der Waals surface area (Å²) in [5.74, 6) is -1.37. The Morgan fingerprint density at radius 2 is 2.06 bits per heavy atom. The zero-order valence-electron chi connectivity index (χ0n) is 10.0. The van der Waals surface area contributed by atoms with Crippen molar-refractivity contribution in [2.24, 2.45) is 0 Å². The number of hydrogen-bond acceptors (Lipinski definition) is 3. The lowest BCUT2D eigenvalue weighted by Gasteiger charge is -2.09. The lowest BCUT2D eigenvalue weighted by atomic mass is 10.1. The number of aromatic nitrogens is 1. The molecule has 2 rings (SSSR count). The van der Waals surface area contributed by atoms with Crippen molar-refractivity contribution in [2.45, 2.75) is 13.8 Å². The largest absolute Gasteiger partial charge is 0.477 e. The van der Waals surface area contributed by atoms with Gasteiger partial charge in [-0.25, -0.2) is 9.78 Å². The lowest BCUT2D eigenvalue weighted by molar-refractivity contribution is -0.114. The average molecular weight is 244 g/mol. The molecule has 1 amide bonds. The van der Waals surface area contributed by atoms with Gasteiger partial charge in [-0.15, -0.1) is 0 Å². The van der Waals surface area contributed by atoms with Crippen molar-refractivity contribution < 1.29 is 14.7 Å². The molecule has 0 saturated carbocycles. The number of carbonyl (C=O) groups excluding carboxylic acids is 1. The molecule has 1 heterocycles. The first-order valence-corrected chi connectivity index (χ1v) is 5.40. The van der Waals surface area contributed by atoms with Gasteiger partial charge < -0.3 is 10.4 Å². The number of hydrogen-bond donors (Lipinski definition) is 2. The highest BCUT2D eigenvalue weighted by Gasteiger charge is 2.12. The van der Waals surface area contributed by atoms with Crippen molar-refractivity contribution >= 4 is 28.5 Å². The van der Waals surface area contributed by atoms with Gasteiger partial charge in [0.1, 0.15) is 0 Å². The molecular weight excluding hydrogens is 232 g/mol. The van der Waals surface area contributed by atoms with Crippen LogP contribution < -0.4 is 5.32 Å². The molecule has 0 aliphatic carbocycles. The fourth-order valence-electron chi connectivity index (χ4n) is 1.79. The van der Waals surface area contributed by atoms with Crippen molar-refractivity contribution in [3.63, 3.8) is 0 Å². The fourth-order valence-corrected chi connectivity index (χ4v) is 1.79. The molecule has 1 aromatic carbocycles. The van der Waals surface area contributed by atoms with E-state index < -0.39 is 5.97 Å². The van der Waals surface area contributed by atoms with E-state index in [1.165, 1.54) is 13.0 Å². The molecule has 0 fully saturated rings. The molecule has 18 heavy (non-hydrogen) atoms. The van der Waals surface area contributed by atoms with E-state index in [2.05, 4.69) is 10.3 Å². The molecule has 0 atom stereocenters.